The molecule has 1 unspecified atom stereocenters. The lowest BCUT2D eigenvalue weighted by Gasteiger charge is -2.33. The molecular weight excluding hydrogens is 426 g/mol. The van der Waals surface area contributed by atoms with Crippen molar-refractivity contribution < 1.29 is 14.3 Å². The van der Waals surface area contributed by atoms with Gasteiger partial charge in [-0.3, -0.25) is 9.59 Å². The van der Waals surface area contributed by atoms with Crippen LogP contribution in [0.1, 0.15) is 48.5 Å². The molecule has 1 atom stereocenters. The Morgan fingerprint density at radius 3 is 2.94 bits per heavy atom. The van der Waals surface area contributed by atoms with Gasteiger partial charge in [-0.05, 0) is 68.6 Å². The molecule has 0 aromatic heterocycles. The second-order valence-corrected chi connectivity index (χ2v) is 8.69. The highest BCUT2D eigenvalue weighted by molar-refractivity contribution is 6.32. The first kappa shape index (κ1) is 22.4. The molecule has 0 aliphatic carbocycles. The van der Waals surface area contributed by atoms with Crippen molar-refractivity contribution in [3.05, 3.63) is 64.4 Å². The minimum atomic E-state index is -0.384. The van der Waals surface area contributed by atoms with Crippen LogP contribution in [-0.2, 0) is 4.79 Å². The van der Waals surface area contributed by atoms with Crippen molar-refractivity contribution >= 4 is 35.2 Å². The number of fused-ring (bicyclic) bond motifs is 1. The molecule has 2 aliphatic heterocycles. The second-order valence-electron chi connectivity index (χ2n) is 8.29. The van der Waals surface area contributed by atoms with Crippen LogP contribution >= 0.6 is 11.6 Å². The van der Waals surface area contributed by atoms with Crippen LogP contribution < -0.4 is 15.4 Å². The van der Waals surface area contributed by atoms with Crippen LogP contribution in [0.5, 0.6) is 5.75 Å². The SMILES string of the molecule is CC1CCCCN1CCCNC(=O)c1ccc2c(c1)NC(=O)C(=Cc1ccccc1Cl)O2. The molecule has 168 valence electrons. The molecular formula is C25H28ClN3O3. The van der Waals surface area contributed by atoms with E-state index < -0.39 is 0 Å². The average Bonchev–Trinajstić information content (AvgIpc) is 2.79. The van der Waals surface area contributed by atoms with Gasteiger partial charge in [0.1, 0.15) is 0 Å². The molecule has 0 saturated carbocycles. The molecule has 0 spiro atoms. The summed E-state index contributed by atoms with van der Waals surface area (Å²) in [5.74, 6) is 0.0880. The predicted octanol–water partition coefficient (Wildman–Crippen LogP) is 4.71. The van der Waals surface area contributed by atoms with Crippen molar-refractivity contribution in [1.29, 1.82) is 0 Å². The highest BCUT2D eigenvalue weighted by atomic mass is 35.5. The number of hydrogen-bond donors (Lipinski definition) is 2. The van der Waals surface area contributed by atoms with E-state index in [-0.39, 0.29) is 17.6 Å². The van der Waals surface area contributed by atoms with E-state index in [1.807, 2.05) is 12.1 Å². The minimum absolute atomic E-state index is 0.148. The Labute approximate surface area is 193 Å². The maximum atomic E-state index is 12.6. The maximum Gasteiger partial charge on any atom is 0.291 e. The molecule has 1 fully saturated rings. The number of ether oxygens (including phenoxy) is 1. The zero-order valence-electron chi connectivity index (χ0n) is 18.2. The molecule has 2 N–H and O–H groups in total. The lowest BCUT2D eigenvalue weighted by Crippen LogP contribution is -2.39. The number of benzene rings is 2. The summed E-state index contributed by atoms with van der Waals surface area (Å²) in [4.78, 5) is 27.6. The van der Waals surface area contributed by atoms with Gasteiger partial charge in [0.15, 0.2) is 11.5 Å². The molecule has 0 radical (unpaired) electrons. The van der Waals surface area contributed by atoms with Gasteiger partial charge in [-0.15, -0.1) is 0 Å². The van der Waals surface area contributed by atoms with Gasteiger partial charge < -0.3 is 20.3 Å². The average molecular weight is 454 g/mol. The summed E-state index contributed by atoms with van der Waals surface area (Å²) in [6.45, 7) is 5.03. The number of nitrogens with zero attached hydrogens (tertiary/aromatic N) is 1. The zero-order chi connectivity index (χ0) is 22.5. The molecule has 2 heterocycles. The molecule has 7 heteroatoms. The second kappa shape index (κ2) is 10.2. The van der Waals surface area contributed by atoms with Gasteiger partial charge in [-0.25, -0.2) is 0 Å². The van der Waals surface area contributed by atoms with Crippen molar-refractivity contribution in [1.82, 2.24) is 10.2 Å². The van der Waals surface area contributed by atoms with E-state index in [2.05, 4.69) is 22.5 Å². The van der Waals surface area contributed by atoms with Crippen molar-refractivity contribution in [2.75, 3.05) is 25.0 Å². The summed E-state index contributed by atoms with van der Waals surface area (Å²) < 4.78 is 5.77. The van der Waals surface area contributed by atoms with Crippen LogP contribution in [-0.4, -0.2) is 42.4 Å². The summed E-state index contributed by atoms with van der Waals surface area (Å²) in [5, 5.41) is 6.30. The van der Waals surface area contributed by atoms with Gasteiger partial charge in [-0.2, -0.15) is 0 Å². The smallest absolute Gasteiger partial charge is 0.291 e. The molecule has 2 aromatic rings. The standard InChI is InChI=1S/C25H28ClN3O3/c1-17-7-4-5-13-29(17)14-6-12-27-24(30)19-10-11-22-21(15-19)28-25(31)23(32-22)16-18-8-2-3-9-20(18)26/h2-3,8-11,15-17H,4-7,12-14H2,1H3,(H,27,30)(H,28,31). The fourth-order valence-electron chi connectivity index (χ4n) is 4.11. The van der Waals surface area contributed by atoms with Gasteiger partial charge in [0.05, 0.1) is 5.69 Å². The largest absolute Gasteiger partial charge is 0.449 e. The highest BCUT2D eigenvalue weighted by Crippen LogP contribution is 2.33. The van der Waals surface area contributed by atoms with Gasteiger partial charge in [0.2, 0.25) is 0 Å². The normalized spacial score (nSPS) is 19.8. The number of carbonyl (C=O) groups excluding carboxylic acids is 2. The molecule has 2 aliphatic rings. The lowest BCUT2D eigenvalue weighted by atomic mass is 10.0. The fourth-order valence-corrected chi connectivity index (χ4v) is 4.30. The molecule has 2 aromatic carbocycles. The Hall–Kier alpha value is -2.83. The lowest BCUT2D eigenvalue weighted by molar-refractivity contribution is -0.115. The van der Waals surface area contributed by atoms with Crippen LogP contribution in [0.15, 0.2) is 48.2 Å². The minimum Gasteiger partial charge on any atom is -0.449 e. The first-order chi connectivity index (χ1) is 15.5. The number of amides is 2. The zero-order valence-corrected chi connectivity index (χ0v) is 19.0. The Balaban J connectivity index is 1.35. The topological polar surface area (TPSA) is 70.7 Å². The Kier molecular flexibility index (Phi) is 7.12. The van der Waals surface area contributed by atoms with Crippen molar-refractivity contribution in [3.8, 4) is 5.75 Å². The van der Waals surface area contributed by atoms with E-state index in [1.54, 1.807) is 36.4 Å². The number of carbonyl (C=O) groups is 2. The maximum absolute atomic E-state index is 12.6. The monoisotopic (exact) mass is 453 g/mol. The number of nitrogens with one attached hydrogen (secondary N) is 2. The molecule has 1 saturated heterocycles. The van der Waals surface area contributed by atoms with E-state index in [4.69, 9.17) is 16.3 Å². The third-order valence-corrected chi connectivity index (χ3v) is 6.32. The first-order valence-electron chi connectivity index (χ1n) is 11.1. The Morgan fingerprint density at radius 1 is 1.28 bits per heavy atom. The van der Waals surface area contributed by atoms with E-state index in [0.29, 0.717) is 40.2 Å². The van der Waals surface area contributed by atoms with Gasteiger partial charge in [0.25, 0.3) is 11.8 Å². The Morgan fingerprint density at radius 2 is 2.12 bits per heavy atom. The number of piperidine rings is 1. The summed E-state index contributed by atoms with van der Waals surface area (Å²) in [5.41, 5.74) is 1.65. The number of rotatable bonds is 6. The van der Waals surface area contributed by atoms with Gasteiger partial charge in [0, 0.05) is 29.7 Å². The summed E-state index contributed by atoms with van der Waals surface area (Å²) in [6.07, 6.45) is 6.34. The number of halogens is 1. The molecule has 6 nitrogen and oxygen atoms in total. The van der Waals surface area contributed by atoms with E-state index in [0.717, 1.165) is 19.5 Å². The number of anilines is 1. The Bertz CT molecular complexity index is 1040. The third kappa shape index (κ3) is 5.31. The van der Waals surface area contributed by atoms with E-state index in [1.165, 1.54) is 19.3 Å². The van der Waals surface area contributed by atoms with Crippen molar-refractivity contribution in [2.24, 2.45) is 0 Å². The number of likely N-dealkylation sites (tertiary alicyclic amines) is 1. The molecule has 32 heavy (non-hydrogen) atoms. The third-order valence-electron chi connectivity index (χ3n) is 5.97. The highest BCUT2D eigenvalue weighted by Gasteiger charge is 2.23. The van der Waals surface area contributed by atoms with Crippen LogP contribution in [0.25, 0.3) is 6.08 Å². The van der Waals surface area contributed by atoms with Crippen molar-refractivity contribution in [3.63, 3.8) is 0 Å². The quantitative estimate of drug-likeness (QED) is 0.491. The van der Waals surface area contributed by atoms with Gasteiger partial charge in [-0.1, -0.05) is 36.2 Å². The van der Waals surface area contributed by atoms with E-state index in [9.17, 15) is 9.59 Å². The molecule has 0 bridgehead atoms. The summed E-state index contributed by atoms with van der Waals surface area (Å²) in [7, 11) is 0. The number of hydrogen-bond acceptors (Lipinski definition) is 4. The molecule has 4 rings (SSSR count). The van der Waals surface area contributed by atoms with Crippen LogP contribution in [0, 0.1) is 0 Å². The van der Waals surface area contributed by atoms with Crippen LogP contribution in [0.4, 0.5) is 5.69 Å². The first-order valence-corrected chi connectivity index (χ1v) is 11.5. The van der Waals surface area contributed by atoms with Crippen LogP contribution in [0.2, 0.25) is 5.02 Å². The summed E-state index contributed by atoms with van der Waals surface area (Å²) >= 11 is 6.17. The van der Waals surface area contributed by atoms with Gasteiger partial charge >= 0.3 is 0 Å². The molecule has 2 amide bonds. The fraction of sp³-hybridized carbons (Fsp3) is 0.360. The predicted molar refractivity (Wildman–Crippen MR) is 127 cm³/mol. The van der Waals surface area contributed by atoms with E-state index >= 15 is 0 Å². The van der Waals surface area contributed by atoms with Crippen molar-refractivity contribution in [2.45, 2.75) is 38.6 Å². The van der Waals surface area contributed by atoms with Crippen LogP contribution in [0.3, 0.4) is 0 Å². The summed E-state index contributed by atoms with van der Waals surface area (Å²) in [6, 6.07) is 12.9.